The van der Waals surface area contributed by atoms with Crippen LogP contribution in [-0.4, -0.2) is 22.8 Å². The highest BCUT2D eigenvalue weighted by Gasteiger charge is 2.35. The van der Waals surface area contributed by atoms with E-state index in [1.165, 1.54) is 11.1 Å². The first-order valence-electron chi connectivity index (χ1n) is 11.1. The summed E-state index contributed by atoms with van der Waals surface area (Å²) in [7, 11) is 0. The first-order valence-corrected chi connectivity index (χ1v) is 11.5. The lowest BCUT2D eigenvalue weighted by Crippen LogP contribution is -2.29. The summed E-state index contributed by atoms with van der Waals surface area (Å²) in [5.41, 5.74) is 5.48. The van der Waals surface area contributed by atoms with Crippen LogP contribution in [0.1, 0.15) is 29.8 Å². The van der Waals surface area contributed by atoms with Crippen LogP contribution < -0.4 is 5.01 Å². The van der Waals surface area contributed by atoms with Gasteiger partial charge >= 0.3 is 0 Å². The highest BCUT2D eigenvalue weighted by atomic mass is 35.5. The summed E-state index contributed by atoms with van der Waals surface area (Å²) in [4.78, 5) is 13.1. The van der Waals surface area contributed by atoms with Gasteiger partial charge in [0, 0.05) is 16.1 Å². The van der Waals surface area contributed by atoms with Crippen LogP contribution in [0, 0.1) is 13.8 Å². The molecule has 0 aliphatic carbocycles. The Bertz CT molecular complexity index is 1470. The number of aromatic hydroxyl groups is 1. The highest BCUT2D eigenvalue weighted by molar-refractivity contribution is 6.31. The number of rotatable bonds is 5. The molecule has 36 heavy (non-hydrogen) atoms. The molecule has 180 valence electrons. The number of hydrogen-bond acceptors (Lipinski definition) is 9. The third kappa shape index (κ3) is 4.38. The molecule has 0 fully saturated rings. The molecule has 2 aliphatic heterocycles. The van der Waals surface area contributed by atoms with Crippen LogP contribution in [0.3, 0.4) is 0 Å². The standard InChI is InChI=1S/C25H21ClN8O2/c1-13-4-9-19(10-14(13)2)34-25(36)22(15(3)31-34)28-27-21-12-18(26)11-20(23(21)35)16-5-7-17(8-6-16)24-29-32-33-30-24/h4-12,22,24,35H,1-3H3. The van der Waals surface area contributed by atoms with Gasteiger partial charge in [-0.3, -0.25) is 4.79 Å². The maximum Gasteiger partial charge on any atom is 0.280 e. The third-order valence-corrected chi connectivity index (χ3v) is 6.27. The topological polar surface area (TPSA) is 127 Å². The summed E-state index contributed by atoms with van der Waals surface area (Å²) >= 11 is 6.32. The zero-order valence-electron chi connectivity index (χ0n) is 19.7. The monoisotopic (exact) mass is 500 g/mol. The largest absolute Gasteiger partial charge is 0.505 e. The molecular formula is C25H21ClN8O2. The van der Waals surface area contributed by atoms with E-state index in [1.807, 2.05) is 56.3 Å². The molecule has 1 unspecified atom stereocenters. The lowest BCUT2D eigenvalue weighted by molar-refractivity contribution is -0.117. The van der Waals surface area contributed by atoms with E-state index in [0.29, 0.717) is 27.5 Å². The number of nitrogens with zero attached hydrogens (tertiary/aromatic N) is 8. The third-order valence-electron chi connectivity index (χ3n) is 6.05. The fraction of sp³-hybridized carbons (Fsp3) is 0.200. The van der Waals surface area contributed by atoms with Crippen LogP contribution in [-0.2, 0) is 4.79 Å². The highest BCUT2D eigenvalue weighted by Crippen LogP contribution is 2.41. The fourth-order valence-electron chi connectivity index (χ4n) is 3.87. The summed E-state index contributed by atoms with van der Waals surface area (Å²) in [6.45, 7) is 5.70. The predicted octanol–water partition coefficient (Wildman–Crippen LogP) is 7.04. The molecule has 3 aromatic rings. The van der Waals surface area contributed by atoms with Gasteiger partial charge in [-0.1, -0.05) is 41.9 Å². The van der Waals surface area contributed by atoms with E-state index in [4.69, 9.17) is 11.6 Å². The van der Waals surface area contributed by atoms with E-state index >= 15 is 0 Å². The van der Waals surface area contributed by atoms with Crippen LogP contribution in [0.15, 0.2) is 90.6 Å². The molecule has 0 spiro atoms. The SMILES string of the molecule is CC1=NN(c2ccc(C)c(C)c2)C(=O)C1N=Nc1cc(Cl)cc(-c2ccc(C3N=NN=N3)cc2)c1O. The van der Waals surface area contributed by atoms with Gasteiger partial charge in [-0.05, 0) is 72.2 Å². The van der Waals surface area contributed by atoms with E-state index in [0.717, 1.165) is 16.7 Å². The van der Waals surface area contributed by atoms with E-state index in [9.17, 15) is 9.90 Å². The number of aryl methyl sites for hydroxylation is 2. The Balaban J connectivity index is 1.40. The first-order chi connectivity index (χ1) is 17.3. The van der Waals surface area contributed by atoms with Crippen molar-refractivity contribution in [2.24, 2.45) is 36.0 Å². The van der Waals surface area contributed by atoms with Crippen LogP contribution in [0.5, 0.6) is 5.75 Å². The molecule has 1 N–H and O–H groups in total. The second kappa shape index (κ2) is 9.38. The number of benzene rings is 3. The van der Waals surface area contributed by atoms with Crippen LogP contribution in [0.4, 0.5) is 11.4 Å². The molecule has 2 heterocycles. The minimum absolute atomic E-state index is 0.109. The number of carbonyl (C=O) groups is 1. The van der Waals surface area contributed by atoms with Gasteiger partial charge in [0.15, 0.2) is 11.8 Å². The number of carbonyl (C=O) groups excluding carboxylic acids is 1. The lowest BCUT2D eigenvalue weighted by atomic mass is 10.0. The van der Waals surface area contributed by atoms with Crippen molar-refractivity contribution in [3.63, 3.8) is 0 Å². The molecule has 0 saturated heterocycles. The van der Waals surface area contributed by atoms with Crippen LogP contribution in [0.25, 0.3) is 11.1 Å². The maximum absolute atomic E-state index is 13.1. The second-order valence-corrected chi connectivity index (χ2v) is 8.94. The summed E-state index contributed by atoms with van der Waals surface area (Å²) in [5, 5.41) is 40.3. The Labute approximate surface area is 211 Å². The molecule has 1 amide bonds. The predicted molar refractivity (Wildman–Crippen MR) is 136 cm³/mol. The molecule has 5 rings (SSSR count). The zero-order chi connectivity index (χ0) is 25.4. The van der Waals surface area contributed by atoms with Gasteiger partial charge in [0.2, 0.25) is 6.17 Å². The minimum atomic E-state index is -0.900. The van der Waals surface area contributed by atoms with Gasteiger partial charge in [0.1, 0.15) is 5.69 Å². The minimum Gasteiger partial charge on any atom is -0.505 e. The van der Waals surface area contributed by atoms with Crippen LogP contribution in [0.2, 0.25) is 5.02 Å². The molecule has 3 aromatic carbocycles. The second-order valence-electron chi connectivity index (χ2n) is 8.50. The van der Waals surface area contributed by atoms with Crippen LogP contribution >= 0.6 is 11.6 Å². The number of azo groups is 1. The van der Waals surface area contributed by atoms with Crippen molar-refractivity contribution in [1.82, 2.24) is 0 Å². The van der Waals surface area contributed by atoms with E-state index in [-0.39, 0.29) is 17.3 Å². The normalized spacial score (nSPS) is 17.6. The van der Waals surface area contributed by atoms with Gasteiger partial charge in [-0.15, -0.1) is 10.2 Å². The Morgan fingerprint density at radius 2 is 1.67 bits per heavy atom. The molecule has 1 atom stereocenters. The van der Waals surface area contributed by atoms with Gasteiger partial charge < -0.3 is 5.11 Å². The fourth-order valence-corrected chi connectivity index (χ4v) is 4.08. The number of anilines is 1. The van der Waals surface area contributed by atoms with Crippen molar-refractivity contribution in [1.29, 1.82) is 0 Å². The summed E-state index contributed by atoms with van der Waals surface area (Å²) < 4.78 is 0. The average molecular weight is 501 g/mol. The Kier molecular flexibility index (Phi) is 6.11. The first kappa shape index (κ1) is 23.4. The molecule has 0 saturated carbocycles. The summed E-state index contributed by atoms with van der Waals surface area (Å²) in [6.07, 6.45) is -0.464. The number of amides is 1. The average Bonchev–Trinajstić information content (AvgIpc) is 3.50. The molecular weight excluding hydrogens is 480 g/mol. The van der Waals surface area contributed by atoms with Crippen molar-refractivity contribution >= 4 is 34.6 Å². The van der Waals surface area contributed by atoms with Gasteiger partial charge in [-0.2, -0.15) is 20.3 Å². The van der Waals surface area contributed by atoms with E-state index in [2.05, 4.69) is 36.0 Å². The summed E-state index contributed by atoms with van der Waals surface area (Å²) in [5.74, 6) is -0.430. The molecule has 10 nitrogen and oxygen atoms in total. The lowest BCUT2D eigenvalue weighted by Gasteiger charge is -2.14. The number of hydrogen-bond donors (Lipinski definition) is 1. The number of halogens is 1. The molecule has 2 aliphatic rings. The van der Waals surface area contributed by atoms with E-state index < -0.39 is 12.2 Å². The summed E-state index contributed by atoms with van der Waals surface area (Å²) in [6, 6.07) is 15.2. The number of hydrazone groups is 1. The van der Waals surface area contributed by atoms with Gasteiger partial charge in [-0.25, -0.2) is 0 Å². The maximum atomic E-state index is 13.1. The number of phenols is 1. The van der Waals surface area contributed by atoms with Gasteiger partial charge in [0.25, 0.3) is 5.91 Å². The van der Waals surface area contributed by atoms with Crippen molar-refractivity contribution in [2.75, 3.05) is 5.01 Å². The van der Waals surface area contributed by atoms with Crippen molar-refractivity contribution < 1.29 is 9.90 Å². The van der Waals surface area contributed by atoms with Crippen molar-refractivity contribution in [2.45, 2.75) is 33.0 Å². The molecule has 0 radical (unpaired) electrons. The smallest absolute Gasteiger partial charge is 0.280 e. The Hall–Kier alpha value is -4.31. The van der Waals surface area contributed by atoms with Gasteiger partial charge in [0.05, 0.1) is 11.4 Å². The zero-order valence-corrected chi connectivity index (χ0v) is 20.4. The molecule has 11 heteroatoms. The Morgan fingerprint density at radius 1 is 0.944 bits per heavy atom. The van der Waals surface area contributed by atoms with Crippen molar-refractivity contribution in [3.8, 4) is 16.9 Å². The quantitative estimate of drug-likeness (QED) is 0.377. The van der Waals surface area contributed by atoms with E-state index in [1.54, 1.807) is 13.0 Å². The molecule has 0 aromatic heterocycles. The van der Waals surface area contributed by atoms with Crippen molar-refractivity contribution in [3.05, 3.63) is 76.3 Å². The number of phenolic OH excluding ortho intramolecular Hbond substituents is 1. The Morgan fingerprint density at radius 3 is 2.36 bits per heavy atom. The molecule has 0 bridgehead atoms.